The number of halogens is 3. The third-order valence-corrected chi connectivity index (χ3v) is 6.61. The van der Waals surface area contributed by atoms with E-state index in [-0.39, 0.29) is 37.4 Å². The molecule has 3 aromatic rings. The van der Waals surface area contributed by atoms with Crippen molar-refractivity contribution in [2.24, 2.45) is 5.92 Å². The highest BCUT2D eigenvalue weighted by molar-refractivity contribution is 6.01. The number of carbonyl (C=O) groups is 2. The van der Waals surface area contributed by atoms with Crippen molar-refractivity contribution < 1.29 is 27.2 Å². The van der Waals surface area contributed by atoms with Gasteiger partial charge in [0.2, 0.25) is 17.5 Å². The molecule has 1 saturated heterocycles. The molecule has 0 N–H and O–H groups in total. The summed E-state index contributed by atoms with van der Waals surface area (Å²) >= 11 is 0. The normalized spacial score (nSPS) is 17.3. The third kappa shape index (κ3) is 4.69. The predicted octanol–water partition coefficient (Wildman–Crippen LogP) is 4.34. The smallest absolute Gasteiger partial charge is 0.314 e. The number of nitrogens with zero attached hydrogens (tertiary/aromatic N) is 5. The topological polar surface area (TPSA) is 92.4 Å². The molecule has 2 amide bonds. The van der Waals surface area contributed by atoms with Gasteiger partial charge in [-0.1, -0.05) is 31.0 Å². The van der Waals surface area contributed by atoms with Gasteiger partial charge in [0.25, 0.3) is 11.8 Å². The number of alkyl halides is 3. The summed E-state index contributed by atoms with van der Waals surface area (Å²) < 4.78 is 46.1. The largest absolute Gasteiger partial charge is 0.415 e. The van der Waals surface area contributed by atoms with Gasteiger partial charge in [-0.3, -0.25) is 14.6 Å². The Morgan fingerprint density at radius 2 is 1.81 bits per heavy atom. The summed E-state index contributed by atoms with van der Waals surface area (Å²) in [5.74, 6) is -1.79. The van der Waals surface area contributed by atoms with E-state index in [4.69, 9.17) is 4.42 Å². The van der Waals surface area contributed by atoms with Crippen LogP contribution in [0.1, 0.15) is 43.7 Å². The van der Waals surface area contributed by atoms with E-state index in [1.165, 1.54) is 16.0 Å². The van der Waals surface area contributed by atoms with Crippen LogP contribution in [-0.4, -0.2) is 50.7 Å². The number of pyridine rings is 1. The standard InChI is InChI=1S/C25H24F3N5O3/c26-20(27)22-31-30-21(36-22)17-10-11-18(29-12-17)13-33(19-8-2-1-3-9-19)24(35)25(28)14-32(15-25)23(34)16-6-4-5-7-16/h1-3,8-12,16,20H,4-7,13-15H2. The minimum absolute atomic E-state index is 0.0303. The summed E-state index contributed by atoms with van der Waals surface area (Å²) in [5.41, 5.74) is -0.923. The summed E-state index contributed by atoms with van der Waals surface area (Å²) in [7, 11) is 0. The molecule has 0 unspecified atom stereocenters. The molecule has 2 aromatic heterocycles. The zero-order chi connectivity index (χ0) is 25.3. The van der Waals surface area contributed by atoms with Crippen LogP contribution in [0, 0.1) is 5.92 Å². The van der Waals surface area contributed by atoms with E-state index >= 15 is 4.39 Å². The van der Waals surface area contributed by atoms with Crippen LogP contribution in [0.15, 0.2) is 53.1 Å². The van der Waals surface area contributed by atoms with Crippen molar-refractivity contribution in [3.8, 4) is 11.5 Å². The molecular weight excluding hydrogens is 475 g/mol. The quantitative estimate of drug-likeness (QED) is 0.480. The Morgan fingerprint density at radius 1 is 1.08 bits per heavy atom. The minimum atomic E-state index is -2.88. The van der Waals surface area contributed by atoms with Crippen molar-refractivity contribution in [1.82, 2.24) is 20.1 Å². The van der Waals surface area contributed by atoms with Crippen LogP contribution in [0.25, 0.3) is 11.5 Å². The summed E-state index contributed by atoms with van der Waals surface area (Å²) in [6, 6.07) is 11.8. The molecule has 8 nitrogen and oxygen atoms in total. The number of carbonyl (C=O) groups excluding carboxylic acids is 2. The maximum atomic E-state index is 15.7. The fraction of sp³-hybridized carbons (Fsp3) is 0.400. The van der Waals surface area contributed by atoms with Gasteiger partial charge in [-0.15, -0.1) is 10.2 Å². The zero-order valence-corrected chi connectivity index (χ0v) is 19.3. The van der Waals surface area contributed by atoms with Gasteiger partial charge in [0.05, 0.1) is 30.9 Å². The first-order chi connectivity index (χ1) is 17.3. The first-order valence-electron chi connectivity index (χ1n) is 11.8. The van der Waals surface area contributed by atoms with Gasteiger partial charge in [-0.05, 0) is 37.1 Å². The molecule has 188 valence electrons. The maximum Gasteiger partial charge on any atom is 0.314 e. The van der Waals surface area contributed by atoms with Crippen LogP contribution in [-0.2, 0) is 16.1 Å². The first kappa shape index (κ1) is 24.0. The van der Waals surface area contributed by atoms with Crippen molar-refractivity contribution in [3.05, 3.63) is 60.2 Å². The minimum Gasteiger partial charge on any atom is -0.415 e. The second-order valence-electron chi connectivity index (χ2n) is 9.15. The third-order valence-electron chi connectivity index (χ3n) is 6.61. The van der Waals surface area contributed by atoms with Crippen LogP contribution in [0.3, 0.4) is 0 Å². The molecule has 0 spiro atoms. The SMILES string of the molecule is O=C(C1CCCC1)N1CC(F)(C(=O)N(Cc2ccc(-c3nnc(C(F)F)o3)cn2)c2ccccc2)C1. The van der Waals surface area contributed by atoms with Gasteiger partial charge >= 0.3 is 6.43 Å². The molecule has 0 atom stereocenters. The number of likely N-dealkylation sites (tertiary alicyclic amines) is 1. The molecule has 3 heterocycles. The fourth-order valence-electron chi connectivity index (χ4n) is 4.66. The monoisotopic (exact) mass is 499 g/mol. The lowest BCUT2D eigenvalue weighted by Gasteiger charge is -2.45. The summed E-state index contributed by atoms with van der Waals surface area (Å²) in [6.07, 6.45) is 2.10. The average molecular weight is 499 g/mol. The summed E-state index contributed by atoms with van der Waals surface area (Å²) in [6.45, 7) is -0.557. The van der Waals surface area contributed by atoms with Gasteiger partial charge in [0.15, 0.2) is 0 Å². The lowest BCUT2D eigenvalue weighted by Crippen LogP contribution is -2.68. The number of hydrogen-bond donors (Lipinski definition) is 0. The Labute approximate surface area is 205 Å². The number of aromatic nitrogens is 3. The van der Waals surface area contributed by atoms with Gasteiger partial charge < -0.3 is 14.2 Å². The van der Waals surface area contributed by atoms with E-state index in [1.807, 2.05) is 0 Å². The summed E-state index contributed by atoms with van der Waals surface area (Å²) in [5, 5.41) is 6.89. The van der Waals surface area contributed by atoms with Crippen LogP contribution in [0.4, 0.5) is 18.9 Å². The van der Waals surface area contributed by atoms with E-state index < -0.39 is 23.9 Å². The van der Waals surface area contributed by atoms with Gasteiger partial charge in [-0.2, -0.15) is 8.78 Å². The highest BCUT2D eigenvalue weighted by Gasteiger charge is 2.54. The maximum absolute atomic E-state index is 15.7. The highest BCUT2D eigenvalue weighted by Crippen LogP contribution is 2.35. The molecule has 2 fully saturated rings. The highest BCUT2D eigenvalue weighted by atomic mass is 19.3. The lowest BCUT2D eigenvalue weighted by molar-refractivity contribution is -0.157. The zero-order valence-electron chi connectivity index (χ0n) is 19.3. The number of hydrogen-bond acceptors (Lipinski definition) is 6. The molecule has 11 heteroatoms. The molecule has 1 aliphatic heterocycles. The Balaban J connectivity index is 1.31. The number of para-hydroxylation sites is 1. The molecule has 1 aromatic carbocycles. The Kier molecular flexibility index (Phi) is 6.46. The van der Waals surface area contributed by atoms with Crippen LogP contribution >= 0.6 is 0 Å². The van der Waals surface area contributed by atoms with Crippen LogP contribution in [0.2, 0.25) is 0 Å². The predicted molar refractivity (Wildman–Crippen MR) is 122 cm³/mol. The average Bonchev–Trinajstić information content (AvgIpc) is 3.58. The molecule has 2 aliphatic rings. The number of benzene rings is 1. The second-order valence-corrected chi connectivity index (χ2v) is 9.15. The first-order valence-corrected chi connectivity index (χ1v) is 11.8. The molecule has 1 saturated carbocycles. The molecule has 36 heavy (non-hydrogen) atoms. The van der Waals surface area contributed by atoms with Crippen molar-refractivity contribution in [1.29, 1.82) is 0 Å². The van der Waals surface area contributed by atoms with E-state index in [9.17, 15) is 18.4 Å². The van der Waals surface area contributed by atoms with Crippen molar-refractivity contribution in [3.63, 3.8) is 0 Å². The Hall–Kier alpha value is -3.76. The molecular formula is C25H24F3N5O3. The van der Waals surface area contributed by atoms with Crippen molar-refractivity contribution in [2.75, 3.05) is 18.0 Å². The number of anilines is 1. The number of rotatable bonds is 7. The molecule has 1 aliphatic carbocycles. The van der Waals surface area contributed by atoms with Gasteiger partial charge in [0, 0.05) is 17.8 Å². The van der Waals surface area contributed by atoms with Crippen LogP contribution < -0.4 is 4.90 Å². The lowest BCUT2D eigenvalue weighted by atomic mass is 9.91. The van der Waals surface area contributed by atoms with E-state index in [1.54, 1.807) is 42.5 Å². The molecule has 0 bridgehead atoms. The van der Waals surface area contributed by atoms with Crippen LogP contribution in [0.5, 0.6) is 0 Å². The van der Waals surface area contributed by atoms with Gasteiger partial charge in [0.1, 0.15) is 0 Å². The van der Waals surface area contributed by atoms with E-state index in [0.29, 0.717) is 16.9 Å². The summed E-state index contributed by atoms with van der Waals surface area (Å²) in [4.78, 5) is 33.0. The van der Waals surface area contributed by atoms with E-state index in [0.717, 1.165) is 25.7 Å². The second kappa shape index (κ2) is 9.71. The van der Waals surface area contributed by atoms with E-state index in [2.05, 4.69) is 15.2 Å². The molecule has 0 radical (unpaired) electrons. The number of amides is 2. The van der Waals surface area contributed by atoms with Crippen molar-refractivity contribution in [2.45, 2.75) is 44.3 Å². The Bertz CT molecular complexity index is 1220. The molecule has 5 rings (SSSR count). The fourth-order valence-corrected chi connectivity index (χ4v) is 4.66. The van der Waals surface area contributed by atoms with Crippen molar-refractivity contribution >= 4 is 17.5 Å². The van der Waals surface area contributed by atoms with Gasteiger partial charge in [-0.25, -0.2) is 4.39 Å². The Morgan fingerprint density at radius 3 is 2.42 bits per heavy atom.